The Kier molecular flexibility index (Phi) is 7.57. The van der Waals surface area contributed by atoms with Gasteiger partial charge in [-0.2, -0.15) is 5.10 Å². The van der Waals surface area contributed by atoms with E-state index in [4.69, 9.17) is 11.6 Å². The van der Waals surface area contributed by atoms with Crippen LogP contribution >= 0.6 is 11.6 Å². The molecule has 3 amide bonds. The number of rotatable bonds is 5. The van der Waals surface area contributed by atoms with Crippen molar-refractivity contribution in [3.63, 3.8) is 0 Å². The van der Waals surface area contributed by atoms with Crippen LogP contribution in [0.25, 0.3) is 0 Å². The molecule has 1 fully saturated rings. The van der Waals surface area contributed by atoms with Gasteiger partial charge >= 0.3 is 11.8 Å². The van der Waals surface area contributed by atoms with Crippen molar-refractivity contribution in [2.24, 2.45) is 5.10 Å². The smallest absolute Gasteiger partial charge is 0.329 e. The molecule has 7 nitrogen and oxygen atoms in total. The third-order valence-corrected chi connectivity index (χ3v) is 5.03. The summed E-state index contributed by atoms with van der Waals surface area (Å²) in [7, 11) is 0. The van der Waals surface area contributed by atoms with Crippen LogP contribution in [0.15, 0.2) is 53.6 Å². The van der Waals surface area contributed by atoms with Gasteiger partial charge in [-0.05, 0) is 42.7 Å². The second-order valence-electron chi connectivity index (χ2n) is 7.06. The first kappa shape index (κ1) is 21.5. The van der Waals surface area contributed by atoms with Crippen LogP contribution in [0.5, 0.6) is 0 Å². The molecule has 156 valence electrons. The van der Waals surface area contributed by atoms with Gasteiger partial charge in [0.15, 0.2) is 0 Å². The molecule has 0 saturated heterocycles. The molecule has 3 rings (SSSR count). The Morgan fingerprint density at radius 3 is 2.50 bits per heavy atom. The van der Waals surface area contributed by atoms with E-state index < -0.39 is 11.8 Å². The van der Waals surface area contributed by atoms with Crippen molar-refractivity contribution >= 4 is 41.2 Å². The van der Waals surface area contributed by atoms with Gasteiger partial charge in [0.2, 0.25) is 0 Å². The fourth-order valence-corrected chi connectivity index (χ4v) is 3.48. The van der Waals surface area contributed by atoms with Crippen molar-refractivity contribution in [2.45, 2.75) is 38.1 Å². The maximum absolute atomic E-state index is 12.6. The fraction of sp³-hybridized carbons (Fsp3) is 0.273. The summed E-state index contributed by atoms with van der Waals surface area (Å²) in [5, 5.41) is 9.78. The molecule has 2 aromatic carbocycles. The van der Waals surface area contributed by atoms with E-state index in [-0.39, 0.29) is 17.6 Å². The number of benzene rings is 2. The normalized spacial score (nSPS) is 14.3. The van der Waals surface area contributed by atoms with E-state index in [1.165, 1.54) is 12.6 Å². The first-order valence-corrected chi connectivity index (χ1v) is 10.2. The number of anilines is 1. The van der Waals surface area contributed by atoms with Crippen LogP contribution < -0.4 is 16.1 Å². The topological polar surface area (TPSA) is 99.7 Å². The van der Waals surface area contributed by atoms with Crippen LogP contribution in [-0.4, -0.2) is 30.0 Å². The number of hydrogen-bond donors (Lipinski definition) is 3. The van der Waals surface area contributed by atoms with Crippen LogP contribution in [0.4, 0.5) is 5.69 Å². The highest BCUT2D eigenvalue weighted by Gasteiger charge is 2.20. The van der Waals surface area contributed by atoms with Gasteiger partial charge in [0.25, 0.3) is 5.91 Å². The van der Waals surface area contributed by atoms with Crippen molar-refractivity contribution in [1.29, 1.82) is 0 Å². The zero-order chi connectivity index (χ0) is 21.3. The van der Waals surface area contributed by atoms with Crippen molar-refractivity contribution in [1.82, 2.24) is 10.7 Å². The van der Waals surface area contributed by atoms with Gasteiger partial charge in [-0.15, -0.1) is 0 Å². The number of nitrogens with one attached hydrogen (secondary N) is 3. The molecule has 0 unspecified atom stereocenters. The van der Waals surface area contributed by atoms with Crippen LogP contribution in [0.2, 0.25) is 5.02 Å². The average Bonchev–Trinajstić information content (AvgIpc) is 2.74. The predicted molar refractivity (Wildman–Crippen MR) is 117 cm³/mol. The summed E-state index contributed by atoms with van der Waals surface area (Å²) in [4.78, 5) is 36.9. The molecule has 0 aromatic heterocycles. The minimum absolute atomic E-state index is 0.138. The quantitative estimate of drug-likeness (QED) is 0.387. The highest BCUT2D eigenvalue weighted by Crippen LogP contribution is 2.20. The third-order valence-electron chi connectivity index (χ3n) is 4.79. The molecule has 0 heterocycles. The Bertz CT molecular complexity index is 955. The molecule has 1 aliphatic carbocycles. The highest BCUT2D eigenvalue weighted by atomic mass is 35.5. The standard InChI is InChI=1S/C22H23ClN4O3/c23-16-8-6-7-15(13-16)14-24-27-22(30)21(29)26-19-12-5-4-11-18(19)20(28)25-17-9-2-1-3-10-17/h4-8,11-14,17H,1-3,9-10H2,(H,25,28)(H,26,29)(H,27,30)/b24-14-. The molecule has 30 heavy (non-hydrogen) atoms. The lowest BCUT2D eigenvalue weighted by Crippen LogP contribution is -2.37. The lowest BCUT2D eigenvalue weighted by molar-refractivity contribution is -0.136. The molecule has 0 radical (unpaired) electrons. The van der Waals surface area contributed by atoms with Gasteiger partial charge in [0.1, 0.15) is 0 Å². The largest absolute Gasteiger partial charge is 0.349 e. The number of halogens is 1. The molecule has 0 aliphatic heterocycles. The summed E-state index contributed by atoms with van der Waals surface area (Å²) >= 11 is 5.88. The third kappa shape index (κ3) is 6.15. The van der Waals surface area contributed by atoms with E-state index in [0.717, 1.165) is 25.7 Å². The van der Waals surface area contributed by atoms with Gasteiger partial charge in [0.05, 0.1) is 17.5 Å². The molecule has 1 aliphatic rings. The molecular weight excluding hydrogens is 404 g/mol. The number of hydrazone groups is 1. The minimum atomic E-state index is -0.948. The maximum Gasteiger partial charge on any atom is 0.329 e. The van der Waals surface area contributed by atoms with E-state index in [0.29, 0.717) is 16.1 Å². The maximum atomic E-state index is 12.6. The summed E-state index contributed by atoms with van der Waals surface area (Å²) in [6.07, 6.45) is 6.66. The number of amides is 3. The van der Waals surface area contributed by atoms with Gasteiger partial charge < -0.3 is 10.6 Å². The highest BCUT2D eigenvalue weighted by molar-refractivity contribution is 6.40. The van der Waals surface area contributed by atoms with E-state index in [2.05, 4.69) is 21.2 Å². The summed E-state index contributed by atoms with van der Waals surface area (Å²) in [5.41, 5.74) is 3.41. The number of hydrogen-bond acceptors (Lipinski definition) is 4. The van der Waals surface area contributed by atoms with Gasteiger partial charge in [-0.3, -0.25) is 14.4 Å². The van der Waals surface area contributed by atoms with E-state index in [1.54, 1.807) is 48.5 Å². The number of para-hydroxylation sites is 1. The Morgan fingerprint density at radius 1 is 0.967 bits per heavy atom. The van der Waals surface area contributed by atoms with Gasteiger partial charge in [-0.25, -0.2) is 5.43 Å². The summed E-state index contributed by atoms with van der Waals surface area (Å²) in [5.74, 6) is -2.14. The molecule has 1 saturated carbocycles. The van der Waals surface area contributed by atoms with E-state index in [1.807, 2.05) is 0 Å². The van der Waals surface area contributed by atoms with Crippen molar-refractivity contribution in [3.8, 4) is 0 Å². The van der Waals surface area contributed by atoms with Crippen molar-refractivity contribution in [3.05, 3.63) is 64.7 Å². The second kappa shape index (κ2) is 10.5. The minimum Gasteiger partial charge on any atom is -0.349 e. The first-order valence-electron chi connectivity index (χ1n) is 9.83. The Hall–Kier alpha value is -3.19. The van der Waals surface area contributed by atoms with Gasteiger partial charge in [0, 0.05) is 11.1 Å². The molecule has 0 spiro atoms. The zero-order valence-electron chi connectivity index (χ0n) is 16.4. The summed E-state index contributed by atoms with van der Waals surface area (Å²) < 4.78 is 0. The second-order valence-corrected chi connectivity index (χ2v) is 7.50. The summed E-state index contributed by atoms with van der Waals surface area (Å²) in [6.45, 7) is 0. The number of nitrogens with zero attached hydrogens (tertiary/aromatic N) is 1. The zero-order valence-corrected chi connectivity index (χ0v) is 17.1. The Labute approximate surface area is 179 Å². The van der Waals surface area contributed by atoms with Crippen LogP contribution in [0.3, 0.4) is 0 Å². The number of carbonyl (C=O) groups is 3. The molecular formula is C22H23ClN4O3. The molecule has 2 aromatic rings. The monoisotopic (exact) mass is 426 g/mol. The predicted octanol–water partition coefficient (Wildman–Crippen LogP) is 3.49. The average molecular weight is 427 g/mol. The van der Waals surface area contributed by atoms with E-state index in [9.17, 15) is 14.4 Å². The Morgan fingerprint density at radius 2 is 1.73 bits per heavy atom. The SMILES string of the molecule is O=C(N/N=C\c1cccc(Cl)c1)C(=O)Nc1ccccc1C(=O)NC1CCCCC1. The fourth-order valence-electron chi connectivity index (χ4n) is 3.28. The van der Waals surface area contributed by atoms with E-state index >= 15 is 0 Å². The summed E-state index contributed by atoms with van der Waals surface area (Å²) in [6, 6.07) is 13.6. The lowest BCUT2D eigenvalue weighted by atomic mass is 9.95. The molecule has 8 heteroatoms. The first-order chi connectivity index (χ1) is 14.5. The van der Waals surface area contributed by atoms with Crippen molar-refractivity contribution in [2.75, 3.05) is 5.32 Å². The lowest BCUT2D eigenvalue weighted by Gasteiger charge is -2.23. The van der Waals surface area contributed by atoms with Crippen molar-refractivity contribution < 1.29 is 14.4 Å². The Balaban J connectivity index is 1.59. The van der Waals surface area contributed by atoms with Crippen LogP contribution in [0.1, 0.15) is 48.0 Å². The molecule has 0 atom stereocenters. The van der Waals surface area contributed by atoms with Gasteiger partial charge in [-0.1, -0.05) is 55.1 Å². The molecule has 3 N–H and O–H groups in total. The van der Waals surface area contributed by atoms with Crippen LogP contribution in [0, 0.1) is 0 Å². The molecule has 0 bridgehead atoms. The number of carbonyl (C=O) groups excluding carboxylic acids is 3. The van der Waals surface area contributed by atoms with Crippen LogP contribution in [-0.2, 0) is 9.59 Å².